The second kappa shape index (κ2) is 8.86. The van der Waals surface area contributed by atoms with Crippen LogP contribution in [0.25, 0.3) is 15.9 Å². The number of carbonyl (C=O) groups is 1. The molecule has 2 aliphatic heterocycles. The number of hydrogen-bond acceptors (Lipinski definition) is 9. The number of carbonyl (C=O) groups excluding carboxylic acids is 1. The molecule has 10 nitrogen and oxygen atoms in total. The van der Waals surface area contributed by atoms with Crippen molar-refractivity contribution in [3.8, 4) is 5.88 Å². The number of aromatic nitrogens is 5. The standard InChI is InChI=1S/C24H25N7O3S2/c32-22(30-11-24(12-30)13-33-14-24)26-21-25-17-7-6-16(10-18(17)36-21)35-23-28-27-19-8-9-20(29-31(19)23)34-15-4-2-1-3-5-15/h6-10,15H,1-5,11-14H2,(H,25,26,32). The average molecular weight is 524 g/mol. The van der Waals surface area contributed by atoms with Crippen LogP contribution in [-0.4, -0.2) is 68.1 Å². The van der Waals surface area contributed by atoms with Gasteiger partial charge in [-0.1, -0.05) is 17.8 Å². The monoisotopic (exact) mass is 523 g/mol. The Labute approximate surface area is 215 Å². The lowest BCUT2D eigenvalue weighted by molar-refractivity contribution is -0.174. The number of anilines is 1. The molecular formula is C24H25N7O3S2. The third-order valence-corrected chi connectivity index (χ3v) is 8.85. The van der Waals surface area contributed by atoms with Crippen molar-refractivity contribution in [3.05, 3.63) is 30.3 Å². The van der Waals surface area contributed by atoms with Crippen LogP contribution in [0.4, 0.5) is 9.93 Å². The Morgan fingerprint density at radius 1 is 1.14 bits per heavy atom. The molecule has 1 N–H and O–H groups in total. The van der Waals surface area contributed by atoms with Gasteiger partial charge in [-0.05, 0) is 61.7 Å². The molecule has 3 fully saturated rings. The van der Waals surface area contributed by atoms with Gasteiger partial charge >= 0.3 is 6.03 Å². The van der Waals surface area contributed by atoms with E-state index >= 15 is 0 Å². The van der Waals surface area contributed by atoms with E-state index in [1.807, 2.05) is 29.2 Å². The zero-order chi connectivity index (χ0) is 24.1. The van der Waals surface area contributed by atoms with Gasteiger partial charge < -0.3 is 14.4 Å². The Kier molecular flexibility index (Phi) is 5.47. The fraction of sp³-hybridized carbons (Fsp3) is 0.458. The van der Waals surface area contributed by atoms with Crippen molar-refractivity contribution < 1.29 is 14.3 Å². The van der Waals surface area contributed by atoms with E-state index in [1.165, 1.54) is 42.4 Å². The normalized spacial score (nSPS) is 19.4. The summed E-state index contributed by atoms with van der Waals surface area (Å²) in [6.45, 7) is 3.00. The van der Waals surface area contributed by atoms with E-state index in [-0.39, 0.29) is 17.6 Å². The molecule has 0 atom stereocenters. The van der Waals surface area contributed by atoms with Crippen LogP contribution in [0.5, 0.6) is 5.88 Å². The Morgan fingerprint density at radius 2 is 2.00 bits per heavy atom. The van der Waals surface area contributed by atoms with Crippen molar-refractivity contribution in [3.63, 3.8) is 0 Å². The second-order valence-electron chi connectivity index (χ2n) is 9.83. The maximum absolute atomic E-state index is 12.6. The third-order valence-electron chi connectivity index (χ3n) is 6.99. The number of nitrogens with one attached hydrogen (secondary N) is 1. The summed E-state index contributed by atoms with van der Waals surface area (Å²) < 4.78 is 14.1. The van der Waals surface area contributed by atoms with Crippen LogP contribution in [0.2, 0.25) is 0 Å². The molecule has 186 valence electrons. The number of ether oxygens (including phenoxy) is 2. The molecule has 2 amide bonds. The lowest BCUT2D eigenvalue weighted by Crippen LogP contribution is -2.67. The largest absolute Gasteiger partial charge is 0.473 e. The first-order chi connectivity index (χ1) is 17.6. The number of rotatable bonds is 5. The lowest BCUT2D eigenvalue weighted by atomic mass is 9.78. The highest BCUT2D eigenvalue weighted by Gasteiger charge is 2.50. The Bertz CT molecular complexity index is 1440. The maximum atomic E-state index is 12.6. The smallest absolute Gasteiger partial charge is 0.323 e. The summed E-state index contributed by atoms with van der Waals surface area (Å²) in [6, 6.07) is 9.67. The SMILES string of the molecule is O=C(Nc1nc2ccc(Sc3nnc4ccc(OC5CCCCC5)nn34)cc2s1)N1CC2(COC2)C1. The highest BCUT2D eigenvalue weighted by atomic mass is 32.2. The van der Waals surface area contributed by atoms with Gasteiger partial charge in [-0.25, -0.2) is 9.78 Å². The highest BCUT2D eigenvalue weighted by Crippen LogP contribution is 2.38. The molecular weight excluding hydrogens is 498 g/mol. The van der Waals surface area contributed by atoms with Crippen LogP contribution >= 0.6 is 23.1 Å². The van der Waals surface area contributed by atoms with Gasteiger partial charge in [0, 0.05) is 24.1 Å². The minimum atomic E-state index is -0.103. The van der Waals surface area contributed by atoms with Crippen LogP contribution in [0.3, 0.4) is 0 Å². The van der Waals surface area contributed by atoms with Gasteiger partial charge in [-0.15, -0.1) is 15.3 Å². The third kappa shape index (κ3) is 4.16. The summed E-state index contributed by atoms with van der Waals surface area (Å²) in [5.74, 6) is 0.604. The number of likely N-dealkylation sites (tertiary alicyclic amines) is 1. The molecule has 2 saturated heterocycles. The number of urea groups is 1. The Morgan fingerprint density at radius 3 is 2.81 bits per heavy atom. The predicted molar refractivity (Wildman–Crippen MR) is 136 cm³/mol. The number of amides is 2. The van der Waals surface area contributed by atoms with E-state index in [9.17, 15) is 4.79 Å². The molecule has 1 saturated carbocycles. The molecule has 3 aliphatic rings. The molecule has 5 heterocycles. The van der Waals surface area contributed by atoms with Crippen molar-refractivity contribution in [2.75, 3.05) is 31.6 Å². The van der Waals surface area contributed by atoms with Crippen LogP contribution in [0.1, 0.15) is 32.1 Å². The first-order valence-corrected chi connectivity index (χ1v) is 13.9. The summed E-state index contributed by atoms with van der Waals surface area (Å²) >= 11 is 2.95. The van der Waals surface area contributed by atoms with E-state index < -0.39 is 0 Å². The number of nitrogens with zero attached hydrogens (tertiary/aromatic N) is 6. The van der Waals surface area contributed by atoms with Crippen LogP contribution in [0.15, 0.2) is 40.4 Å². The van der Waals surface area contributed by atoms with E-state index in [4.69, 9.17) is 9.47 Å². The fourth-order valence-corrected chi connectivity index (χ4v) is 6.81. The van der Waals surface area contributed by atoms with Crippen molar-refractivity contribution in [2.45, 2.75) is 48.3 Å². The van der Waals surface area contributed by atoms with E-state index in [2.05, 4.69) is 31.7 Å². The van der Waals surface area contributed by atoms with Gasteiger partial charge in [0.2, 0.25) is 11.0 Å². The highest BCUT2D eigenvalue weighted by molar-refractivity contribution is 7.99. The van der Waals surface area contributed by atoms with E-state index in [0.717, 1.165) is 54.3 Å². The van der Waals surface area contributed by atoms with E-state index in [0.29, 0.717) is 21.8 Å². The fourth-order valence-electron chi connectivity index (χ4n) is 5.01. The van der Waals surface area contributed by atoms with Crippen molar-refractivity contribution in [2.24, 2.45) is 5.41 Å². The minimum Gasteiger partial charge on any atom is -0.473 e. The molecule has 0 bridgehead atoms. The molecule has 0 unspecified atom stereocenters. The van der Waals surface area contributed by atoms with Crippen molar-refractivity contribution in [1.82, 2.24) is 29.7 Å². The second-order valence-corrected chi connectivity index (χ2v) is 11.9. The summed E-state index contributed by atoms with van der Waals surface area (Å²) in [5, 5.41) is 17.5. The molecule has 4 aromatic rings. The van der Waals surface area contributed by atoms with Gasteiger partial charge in [-0.3, -0.25) is 5.32 Å². The average Bonchev–Trinajstić information content (AvgIpc) is 3.41. The summed E-state index contributed by atoms with van der Waals surface area (Å²) in [5.41, 5.74) is 1.72. The van der Waals surface area contributed by atoms with E-state index in [1.54, 1.807) is 4.52 Å². The number of fused-ring (bicyclic) bond motifs is 2. The Hall–Kier alpha value is -2.96. The van der Waals surface area contributed by atoms with Crippen LogP contribution in [-0.2, 0) is 4.74 Å². The molecule has 3 aromatic heterocycles. The van der Waals surface area contributed by atoms with Gasteiger partial charge in [-0.2, -0.15) is 4.52 Å². The first kappa shape index (κ1) is 22.3. The molecule has 36 heavy (non-hydrogen) atoms. The molecule has 1 spiro atoms. The van der Waals surface area contributed by atoms with Gasteiger partial charge in [0.1, 0.15) is 6.10 Å². The zero-order valence-corrected chi connectivity index (χ0v) is 21.2. The van der Waals surface area contributed by atoms with Gasteiger partial charge in [0.05, 0.1) is 28.8 Å². The van der Waals surface area contributed by atoms with Crippen molar-refractivity contribution in [1.29, 1.82) is 0 Å². The van der Waals surface area contributed by atoms with Crippen LogP contribution < -0.4 is 10.1 Å². The number of benzene rings is 1. The summed E-state index contributed by atoms with van der Waals surface area (Å²) in [6.07, 6.45) is 6.09. The molecule has 1 aromatic carbocycles. The quantitative estimate of drug-likeness (QED) is 0.409. The minimum absolute atomic E-state index is 0.103. The molecule has 7 rings (SSSR count). The maximum Gasteiger partial charge on any atom is 0.323 e. The number of hydrogen-bond donors (Lipinski definition) is 1. The lowest BCUT2D eigenvalue weighted by Gasteiger charge is -2.54. The molecule has 0 radical (unpaired) electrons. The van der Waals surface area contributed by atoms with Gasteiger partial charge in [0.25, 0.3) is 0 Å². The topological polar surface area (TPSA) is 107 Å². The van der Waals surface area contributed by atoms with Crippen molar-refractivity contribution >= 4 is 50.1 Å². The molecule has 1 aliphatic carbocycles. The first-order valence-electron chi connectivity index (χ1n) is 12.2. The van der Waals surface area contributed by atoms with Crippen LogP contribution in [0, 0.1) is 5.41 Å². The predicted octanol–water partition coefficient (Wildman–Crippen LogP) is 4.46. The summed E-state index contributed by atoms with van der Waals surface area (Å²) in [4.78, 5) is 19.9. The Balaban J connectivity index is 1.05. The number of thiazole rings is 1. The summed E-state index contributed by atoms with van der Waals surface area (Å²) in [7, 11) is 0. The zero-order valence-electron chi connectivity index (χ0n) is 19.6. The molecule has 12 heteroatoms. The van der Waals surface area contributed by atoms with Gasteiger partial charge in [0.15, 0.2) is 10.8 Å².